The van der Waals surface area contributed by atoms with E-state index in [4.69, 9.17) is 21.1 Å². The number of benzene rings is 1. The lowest BCUT2D eigenvalue weighted by atomic mass is 10.0. The number of aliphatic hydroxyl groups excluding tert-OH is 1. The molecular weight excluding hydrogens is 276 g/mol. The molecule has 0 radical (unpaired) electrons. The normalized spacial score (nSPS) is 12.2. The SMILES string of the molecule is CCCCCC(O)c1cc(OCC)c(OCC)cc1Cl. The monoisotopic (exact) mass is 300 g/mol. The Balaban J connectivity index is 2.92. The largest absolute Gasteiger partial charge is 0.490 e. The molecule has 4 heteroatoms. The smallest absolute Gasteiger partial charge is 0.162 e. The minimum atomic E-state index is -0.552. The van der Waals surface area contributed by atoms with Gasteiger partial charge in [0.15, 0.2) is 11.5 Å². The highest BCUT2D eigenvalue weighted by atomic mass is 35.5. The van der Waals surface area contributed by atoms with E-state index < -0.39 is 6.10 Å². The van der Waals surface area contributed by atoms with Gasteiger partial charge in [-0.15, -0.1) is 0 Å². The number of unbranched alkanes of at least 4 members (excludes halogenated alkanes) is 2. The molecule has 3 nitrogen and oxygen atoms in total. The van der Waals surface area contributed by atoms with E-state index in [9.17, 15) is 5.11 Å². The van der Waals surface area contributed by atoms with Gasteiger partial charge in [0.2, 0.25) is 0 Å². The van der Waals surface area contributed by atoms with E-state index in [0.29, 0.717) is 36.2 Å². The van der Waals surface area contributed by atoms with Crippen LogP contribution in [-0.2, 0) is 0 Å². The van der Waals surface area contributed by atoms with Crippen molar-refractivity contribution in [2.75, 3.05) is 13.2 Å². The van der Waals surface area contributed by atoms with Crippen LogP contribution in [0.5, 0.6) is 11.5 Å². The van der Waals surface area contributed by atoms with Crippen molar-refractivity contribution in [2.45, 2.75) is 52.6 Å². The van der Waals surface area contributed by atoms with E-state index in [1.807, 2.05) is 13.8 Å². The molecule has 0 spiro atoms. The molecule has 0 aliphatic carbocycles. The molecule has 0 amide bonds. The average Bonchev–Trinajstić information content (AvgIpc) is 2.42. The highest BCUT2D eigenvalue weighted by molar-refractivity contribution is 6.31. The number of halogens is 1. The van der Waals surface area contributed by atoms with E-state index in [1.54, 1.807) is 12.1 Å². The third-order valence-electron chi connectivity index (χ3n) is 3.10. The van der Waals surface area contributed by atoms with Gasteiger partial charge < -0.3 is 14.6 Å². The summed E-state index contributed by atoms with van der Waals surface area (Å²) in [6, 6.07) is 3.53. The molecule has 1 N–H and O–H groups in total. The van der Waals surface area contributed by atoms with Crippen molar-refractivity contribution in [1.82, 2.24) is 0 Å². The Labute approximate surface area is 126 Å². The lowest BCUT2D eigenvalue weighted by Crippen LogP contribution is -2.03. The lowest BCUT2D eigenvalue weighted by Gasteiger charge is -2.17. The fourth-order valence-electron chi connectivity index (χ4n) is 2.09. The summed E-state index contributed by atoms with van der Waals surface area (Å²) in [7, 11) is 0. The minimum Gasteiger partial charge on any atom is -0.490 e. The lowest BCUT2D eigenvalue weighted by molar-refractivity contribution is 0.163. The van der Waals surface area contributed by atoms with E-state index in [-0.39, 0.29) is 0 Å². The van der Waals surface area contributed by atoms with Gasteiger partial charge in [0, 0.05) is 11.6 Å². The van der Waals surface area contributed by atoms with E-state index in [1.165, 1.54) is 0 Å². The molecule has 0 fully saturated rings. The topological polar surface area (TPSA) is 38.7 Å². The third kappa shape index (κ3) is 4.88. The molecule has 1 aromatic carbocycles. The van der Waals surface area contributed by atoms with Gasteiger partial charge in [0.05, 0.1) is 24.3 Å². The van der Waals surface area contributed by atoms with Crippen LogP contribution in [0.1, 0.15) is 58.1 Å². The Bertz CT molecular complexity index is 407. The van der Waals surface area contributed by atoms with Crippen molar-refractivity contribution in [3.05, 3.63) is 22.7 Å². The molecular formula is C16H25ClO3. The summed E-state index contributed by atoms with van der Waals surface area (Å²) in [5.41, 5.74) is 0.717. The first-order valence-electron chi connectivity index (χ1n) is 7.41. The Morgan fingerprint density at radius 1 is 1.05 bits per heavy atom. The first-order valence-corrected chi connectivity index (χ1v) is 7.78. The molecule has 0 aliphatic rings. The zero-order chi connectivity index (χ0) is 15.0. The van der Waals surface area contributed by atoms with Crippen molar-refractivity contribution < 1.29 is 14.6 Å². The highest BCUT2D eigenvalue weighted by Gasteiger charge is 2.16. The van der Waals surface area contributed by atoms with Crippen molar-refractivity contribution in [2.24, 2.45) is 0 Å². The predicted molar refractivity (Wildman–Crippen MR) is 82.9 cm³/mol. The number of rotatable bonds is 9. The first-order chi connectivity index (χ1) is 9.63. The molecule has 0 aromatic heterocycles. The molecule has 0 bridgehead atoms. The zero-order valence-corrected chi connectivity index (χ0v) is 13.4. The summed E-state index contributed by atoms with van der Waals surface area (Å²) in [6.45, 7) is 7.07. The summed E-state index contributed by atoms with van der Waals surface area (Å²) in [5, 5.41) is 10.8. The quantitative estimate of drug-likeness (QED) is 0.669. The van der Waals surface area contributed by atoms with E-state index in [0.717, 1.165) is 24.8 Å². The van der Waals surface area contributed by atoms with Gasteiger partial charge >= 0.3 is 0 Å². The second-order valence-corrected chi connectivity index (χ2v) is 5.11. The van der Waals surface area contributed by atoms with Gasteiger partial charge in [-0.3, -0.25) is 0 Å². The molecule has 1 unspecified atom stereocenters. The first kappa shape index (κ1) is 17.1. The zero-order valence-electron chi connectivity index (χ0n) is 12.6. The van der Waals surface area contributed by atoms with Crippen molar-refractivity contribution in [1.29, 1.82) is 0 Å². The molecule has 1 rings (SSSR count). The van der Waals surface area contributed by atoms with Gasteiger partial charge in [0.25, 0.3) is 0 Å². The van der Waals surface area contributed by atoms with E-state index in [2.05, 4.69) is 6.92 Å². The fraction of sp³-hybridized carbons (Fsp3) is 0.625. The number of aliphatic hydroxyl groups is 1. The molecule has 114 valence electrons. The molecule has 0 heterocycles. The van der Waals surface area contributed by atoms with Crippen LogP contribution < -0.4 is 9.47 Å². The summed E-state index contributed by atoms with van der Waals surface area (Å²) in [6.07, 6.45) is 3.40. The van der Waals surface area contributed by atoms with Crippen LogP contribution in [-0.4, -0.2) is 18.3 Å². The Kier molecular flexibility index (Phi) is 7.78. The van der Waals surface area contributed by atoms with Gasteiger partial charge in [-0.05, 0) is 26.3 Å². The Hall–Kier alpha value is -0.930. The van der Waals surface area contributed by atoms with Crippen molar-refractivity contribution in [3.63, 3.8) is 0 Å². The van der Waals surface area contributed by atoms with Crippen LogP contribution >= 0.6 is 11.6 Å². The van der Waals surface area contributed by atoms with E-state index >= 15 is 0 Å². The summed E-state index contributed by atoms with van der Waals surface area (Å²) < 4.78 is 11.1. The Morgan fingerprint density at radius 3 is 2.20 bits per heavy atom. The van der Waals surface area contributed by atoms with Gasteiger partial charge in [-0.2, -0.15) is 0 Å². The maximum atomic E-state index is 10.3. The average molecular weight is 301 g/mol. The van der Waals surface area contributed by atoms with Crippen LogP contribution in [0, 0.1) is 0 Å². The van der Waals surface area contributed by atoms with Crippen LogP contribution in [0.4, 0.5) is 0 Å². The summed E-state index contributed by atoms with van der Waals surface area (Å²) in [5.74, 6) is 1.27. The molecule has 20 heavy (non-hydrogen) atoms. The fourth-order valence-corrected chi connectivity index (χ4v) is 2.37. The number of ether oxygens (including phenoxy) is 2. The molecule has 1 aromatic rings. The summed E-state index contributed by atoms with van der Waals surface area (Å²) in [4.78, 5) is 0. The highest BCUT2D eigenvalue weighted by Crippen LogP contribution is 2.37. The molecule has 0 saturated heterocycles. The maximum absolute atomic E-state index is 10.3. The van der Waals surface area contributed by atoms with Crippen LogP contribution in [0.25, 0.3) is 0 Å². The van der Waals surface area contributed by atoms with Gasteiger partial charge in [0.1, 0.15) is 0 Å². The standard InChI is InChI=1S/C16H25ClO3/c1-4-7-8-9-14(18)12-10-15(19-5-2)16(20-6-3)11-13(12)17/h10-11,14,18H,4-9H2,1-3H3. The van der Waals surface area contributed by atoms with Crippen LogP contribution in [0.3, 0.4) is 0 Å². The van der Waals surface area contributed by atoms with Crippen molar-refractivity contribution >= 4 is 11.6 Å². The second-order valence-electron chi connectivity index (χ2n) is 4.70. The molecule has 1 atom stereocenters. The van der Waals surface area contributed by atoms with Crippen molar-refractivity contribution in [3.8, 4) is 11.5 Å². The second kappa shape index (κ2) is 9.09. The van der Waals surface area contributed by atoms with Crippen LogP contribution in [0.15, 0.2) is 12.1 Å². The maximum Gasteiger partial charge on any atom is 0.162 e. The third-order valence-corrected chi connectivity index (χ3v) is 3.43. The summed E-state index contributed by atoms with van der Waals surface area (Å²) >= 11 is 6.25. The van der Waals surface area contributed by atoms with Crippen LogP contribution in [0.2, 0.25) is 5.02 Å². The number of hydrogen-bond donors (Lipinski definition) is 1. The Morgan fingerprint density at radius 2 is 1.65 bits per heavy atom. The molecule has 0 aliphatic heterocycles. The van der Waals surface area contributed by atoms with Gasteiger partial charge in [-0.25, -0.2) is 0 Å². The minimum absolute atomic E-state index is 0.529. The molecule has 0 saturated carbocycles. The predicted octanol–water partition coefficient (Wildman–Crippen LogP) is 4.75. The number of hydrogen-bond acceptors (Lipinski definition) is 3. The van der Waals surface area contributed by atoms with Gasteiger partial charge in [-0.1, -0.05) is 37.8 Å².